The van der Waals surface area contributed by atoms with E-state index in [0.29, 0.717) is 26.0 Å². The van der Waals surface area contributed by atoms with Crippen molar-refractivity contribution >= 4 is 11.7 Å². The normalized spacial score (nSPS) is 19.9. The minimum absolute atomic E-state index is 0.110. The molecule has 22 heavy (non-hydrogen) atoms. The number of nitrogens with one attached hydrogen (secondary N) is 1. The van der Waals surface area contributed by atoms with Gasteiger partial charge >= 0.3 is 5.97 Å². The maximum absolute atomic E-state index is 12.7. The van der Waals surface area contributed by atoms with Gasteiger partial charge in [0.15, 0.2) is 0 Å². The smallest absolute Gasteiger partial charge is 0.314 e. The first kappa shape index (κ1) is 14.6. The Morgan fingerprint density at radius 2 is 1.86 bits per heavy atom. The van der Waals surface area contributed by atoms with Crippen LogP contribution in [0.3, 0.4) is 0 Å². The van der Waals surface area contributed by atoms with Crippen LogP contribution in [0.2, 0.25) is 0 Å². The van der Waals surface area contributed by atoms with Crippen LogP contribution in [0, 0.1) is 5.41 Å². The third kappa shape index (κ3) is 2.84. The molecule has 1 atom stereocenters. The summed E-state index contributed by atoms with van der Waals surface area (Å²) >= 11 is 0. The van der Waals surface area contributed by atoms with Gasteiger partial charge in [-0.1, -0.05) is 48.5 Å². The average molecular weight is 295 g/mol. The van der Waals surface area contributed by atoms with Crippen molar-refractivity contribution < 1.29 is 9.53 Å². The maximum Gasteiger partial charge on any atom is 0.314 e. The molecule has 2 aromatic carbocycles. The molecule has 114 valence electrons. The van der Waals surface area contributed by atoms with Gasteiger partial charge in [-0.2, -0.15) is 0 Å². The number of fused-ring (bicyclic) bond motifs is 1. The summed E-state index contributed by atoms with van der Waals surface area (Å²) in [6.07, 6.45) is 1.40. The van der Waals surface area contributed by atoms with Crippen LogP contribution in [-0.2, 0) is 22.4 Å². The molecule has 1 heterocycles. The second kappa shape index (κ2) is 6.22. The Labute approximate surface area is 131 Å². The molecule has 1 N–H and O–H groups in total. The molecular weight excluding hydrogens is 274 g/mol. The van der Waals surface area contributed by atoms with Gasteiger partial charge in [-0.25, -0.2) is 0 Å². The summed E-state index contributed by atoms with van der Waals surface area (Å²) in [7, 11) is 0. The van der Waals surface area contributed by atoms with Crippen molar-refractivity contribution in [3.05, 3.63) is 65.7 Å². The molecule has 0 aromatic heterocycles. The summed E-state index contributed by atoms with van der Waals surface area (Å²) in [5.74, 6) is -0.110. The highest BCUT2D eigenvalue weighted by Gasteiger charge is 2.42. The van der Waals surface area contributed by atoms with Gasteiger partial charge in [-0.3, -0.25) is 4.79 Å². The molecule has 0 bridgehead atoms. The molecule has 0 saturated carbocycles. The Balaban J connectivity index is 1.93. The summed E-state index contributed by atoms with van der Waals surface area (Å²) in [6.45, 7) is 2.88. The highest BCUT2D eigenvalue weighted by atomic mass is 16.5. The van der Waals surface area contributed by atoms with Crippen molar-refractivity contribution in [3.8, 4) is 0 Å². The number of para-hydroxylation sites is 1. The zero-order chi connectivity index (χ0) is 15.4. The number of carbonyl (C=O) groups excluding carboxylic acids is 1. The molecule has 0 spiro atoms. The average Bonchev–Trinajstić information content (AvgIpc) is 2.56. The lowest BCUT2D eigenvalue weighted by Crippen LogP contribution is -2.45. The number of esters is 1. The first-order valence-corrected chi connectivity index (χ1v) is 7.76. The number of hydrogen-bond donors (Lipinski definition) is 1. The Morgan fingerprint density at radius 3 is 2.64 bits per heavy atom. The first-order chi connectivity index (χ1) is 10.7. The third-order valence-corrected chi connectivity index (χ3v) is 4.26. The second-order valence-electron chi connectivity index (χ2n) is 5.85. The second-order valence-corrected chi connectivity index (χ2v) is 5.85. The lowest BCUT2D eigenvalue weighted by Gasteiger charge is -2.37. The third-order valence-electron chi connectivity index (χ3n) is 4.26. The van der Waals surface area contributed by atoms with Crippen LogP contribution in [0.15, 0.2) is 54.6 Å². The molecule has 0 aliphatic carbocycles. The van der Waals surface area contributed by atoms with Gasteiger partial charge in [-0.15, -0.1) is 0 Å². The molecular formula is C19H21NO2. The van der Waals surface area contributed by atoms with Crippen molar-refractivity contribution in [2.75, 3.05) is 18.5 Å². The van der Waals surface area contributed by atoms with Crippen molar-refractivity contribution in [3.63, 3.8) is 0 Å². The Kier molecular flexibility index (Phi) is 4.14. The monoisotopic (exact) mass is 295 g/mol. The molecule has 3 nitrogen and oxygen atoms in total. The Bertz CT molecular complexity index is 653. The minimum atomic E-state index is -0.536. The fourth-order valence-corrected chi connectivity index (χ4v) is 3.15. The molecule has 1 aliphatic heterocycles. The van der Waals surface area contributed by atoms with Crippen LogP contribution in [0.1, 0.15) is 18.1 Å². The van der Waals surface area contributed by atoms with E-state index in [0.717, 1.165) is 11.3 Å². The number of anilines is 1. The topological polar surface area (TPSA) is 38.3 Å². The van der Waals surface area contributed by atoms with Gasteiger partial charge in [0.25, 0.3) is 0 Å². The largest absolute Gasteiger partial charge is 0.465 e. The maximum atomic E-state index is 12.7. The highest BCUT2D eigenvalue weighted by molar-refractivity contribution is 5.80. The molecule has 0 saturated heterocycles. The van der Waals surface area contributed by atoms with Gasteiger partial charge in [0.05, 0.1) is 12.0 Å². The Morgan fingerprint density at radius 1 is 1.14 bits per heavy atom. The van der Waals surface area contributed by atoms with Crippen LogP contribution in [-0.4, -0.2) is 19.1 Å². The molecule has 2 aromatic rings. The molecule has 0 fully saturated rings. The van der Waals surface area contributed by atoms with E-state index in [9.17, 15) is 4.79 Å². The summed E-state index contributed by atoms with van der Waals surface area (Å²) in [6, 6.07) is 18.3. The van der Waals surface area contributed by atoms with Crippen molar-refractivity contribution in [1.82, 2.24) is 0 Å². The van der Waals surface area contributed by atoms with Crippen LogP contribution in [0.5, 0.6) is 0 Å². The van der Waals surface area contributed by atoms with Gasteiger partial charge in [0.2, 0.25) is 0 Å². The van der Waals surface area contributed by atoms with E-state index in [1.807, 2.05) is 37.3 Å². The number of ether oxygens (including phenoxy) is 1. The fraction of sp³-hybridized carbons (Fsp3) is 0.316. The standard InChI is InChI=1S/C19H21NO2/c1-2-22-18(21)19(12-15-8-4-3-5-9-15)13-16-10-6-7-11-17(16)20-14-19/h3-11,20H,2,12-14H2,1H3. The summed E-state index contributed by atoms with van der Waals surface area (Å²) in [5, 5.41) is 3.41. The lowest BCUT2D eigenvalue weighted by atomic mass is 9.74. The Hall–Kier alpha value is -2.29. The lowest BCUT2D eigenvalue weighted by molar-refractivity contribution is -0.154. The molecule has 3 heteroatoms. The number of rotatable bonds is 4. The molecule has 1 unspecified atom stereocenters. The van der Waals surface area contributed by atoms with E-state index in [4.69, 9.17) is 4.74 Å². The number of carbonyl (C=O) groups is 1. The number of hydrogen-bond acceptors (Lipinski definition) is 3. The molecule has 1 aliphatic rings. The van der Waals surface area contributed by atoms with Crippen molar-refractivity contribution in [2.45, 2.75) is 19.8 Å². The van der Waals surface area contributed by atoms with Crippen LogP contribution < -0.4 is 5.32 Å². The molecule has 0 radical (unpaired) electrons. The van der Waals surface area contributed by atoms with Gasteiger partial charge < -0.3 is 10.1 Å². The summed E-state index contributed by atoms with van der Waals surface area (Å²) in [5.41, 5.74) is 2.93. The van der Waals surface area contributed by atoms with Gasteiger partial charge in [0.1, 0.15) is 0 Å². The minimum Gasteiger partial charge on any atom is -0.465 e. The van der Waals surface area contributed by atoms with Crippen LogP contribution in [0.4, 0.5) is 5.69 Å². The van der Waals surface area contributed by atoms with Crippen molar-refractivity contribution in [2.24, 2.45) is 5.41 Å². The van der Waals surface area contributed by atoms with Gasteiger partial charge in [-0.05, 0) is 37.0 Å². The van der Waals surface area contributed by atoms with Gasteiger partial charge in [0, 0.05) is 12.2 Å². The van der Waals surface area contributed by atoms with Crippen molar-refractivity contribution in [1.29, 1.82) is 0 Å². The predicted molar refractivity (Wildman–Crippen MR) is 87.8 cm³/mol. The summed E-state index contributed by atoms with van der Waals surface area (Å²) < 4.78 is 5.39. The van der Waals surface area contributed by atoms with E-state index in [-0.39, 0.29) is 5.97 Å². The van der Waals surface area contributed by atoms with E-state index in [1.54, 1.807) is 0 Å². The molecule has 0 amide bonds. The predicted octanol–water partition coefficient (Wildman–Crippen LogP) is 3.45. The highest BCUT2D eigenvalue weighted by Crippen LogP contribution is 2.36. The SMILES string of the molecule is CCOC(=O)C1(Cc2ccccc2)CNc2ccccc2C1. The number of benzene rings is 2. The van der Waals surface area contributed by atoms with E-state index in [1.165, 1.54) is 5.56 Å². The summed E-state index contributed by atoms with van der Waals surface area (Å²) in [4.78, 5) is 12.7. The quantitative estimate of drug-likeness (QED) is 0.878. The van der Waals surface area contributed by atoms with Crippen LogP contribution in [0.25, 0.3) is 0 Å². The first-order valence-electron chi connectivity index (χ1n) is 7.76. The van der Waals surface area contributed by atoms with E-state index in [2.05, 4.69) is 29.6 Å². The van der Waals surface area contributed by atoms with E-state index >= 15 is 0 Å². The van der Waals surface area contributed by atoms with E-state index < -0.39 is 5.41 Å². The zero-order valence-corrected chi connectivity index (χ0v) is 12.8. The molecule has 3 rings (SSSR count). The van der Waals surface area contributed by atoms with Crippen LogP contribution >= 0.6 is 0 Å². The fourth-order valence-electron chi connectivity index (χ4n) is 3.15. The zero-order valence-electron chi connectivity index (χ0n) is 12.8.